The number of rotatable bonds is 7. The summed E-state index contributed by atoms with van der Waals surface area (Å²) in [5.74, 6) is 0.563. The van der Waals surface area contributed by atoms with Crippen molar-refractivity contribution >= 4 is 51.8 Å². The predicted octanol–water partition coefficient (Wildman–Crippen LogP) is 3.54. The zero-order chi connectivity index (χ0) is 19.6. The molecule has 0 aromatic heterocycles. The molecule has 1 aliphatic rings. The first-order valence-electron chi connectivity index (χ1n) is 9.59. The lowest BCUT2D eigenvalue weighted by Crippen LogP contribution is -2.48. The fraction of sp³-hybridized carbons (Fsp3) is 0.600. The summed E-state index contributed by atoms with van der Waals surface area (Å²) >= 11 is 3.48. The number of esters is 1. The maximum Gasteiger partial charge on any atom is 0.307 e. The number of aliphatic imine (C=N–C) groups is 1. The van der Waals surface area contributed by atoms with E-state index in [0.717, 1.165) is 42.9 Å². The lowest BCUT2D eigenvalue weighted by molar-refractivity contribution is -0.147. The number of guanidine groups is 1. The van der Waals surface area contributed by atoms with Crippen molar-refractivity contribution in [2.45, 2.75) is 51.8 Å². The van der Waals surface area contributed by atoms with E-state index >= 15 is 0 Å². The van der Waals surface area contributed by atoms with Crippen LogP contribution in [-0.2, 0) is 16.1 Å². The second kappa shape index (κ2) is 13.4. The van der Waals surface area contributed by atoms with Crippen molar-refractivity contribution in [3.63, 3.8) is 0 Å². The Labute approximate surface area is 194 Å². The second-order valence-corrected chi connectivity index (χ2v) is 8.02. The van der Waals surface area contributed by atoms with Gasteiger partial charge >= 0.3 is 5.97 Å². The third-order valence-corrected chi connectivity index (χ3v) is 4.99. The monoisotopic (exact) mass is 566 g/mol. The first-order chi connectivity index (χ1) is 13.0. The minimum atomic E-state index is -0.186. The van der Waals surface area contributed by atoms with Gasteiger partial charge in [0.05, 0.1) is 12.5 Å². The van der Waals surface area contributed by atoms with Crippen molar-refractivity contribution in [1.82, 2.24) is 15.5 Å². The van der Waals surface area contributed by atoms with Crippen LogP contribution in [-0.4, -0.2) is 55.7 Å². The van der Waals surface area contributed by atoms with E-state index in [4.69, 9.17) is 4.74 Å². The molecular weight excluding hydrogens is 535 g/mol. The smallest absolute Gasteiger partial charge is 0.307 e. The fourth-order valence-corrected chi connectivity index (χ4v) is 3.34. The average Bonchev–Trinajstić information content (AvgIpc) is 2.63. The second-order valence-electron chi connectivity index (χ2n) is 7.11. The number of hydrogen-bond donors (Lipinski definition) is 2. The number of carbonyl (C=O) groups excluding carboxylic acids is 1. The van der Waals surface area contributed by atoms with Crippen molar-refractivity contribution in [2.24, 2.45) is 4.99 Å². The molecule has 1 aromatic rings. The topological polar surface area (TPSA) is 66.0 Å². The van der Waals surface area contributed by atoms with E-state index in [1.807, 2.05) is 13.8 Å². The van der Waals surface area contributed by atoms with Gasteiger partial charge < -0.3 is 15.4 Å². The highest BCUT2D eigenvalue weighted by Gasteiger charge is 2.20. The molecule has 28 heavy (non-hydrogen) atoms. The lowest BCUT2D eigenvalue weighted by Gasteiger charge is -2.33. The SMILES string of the molecule is CN=C(NCCC(=O)OC(C)C)NC1CCN(Cc2ccc(Br)cc2)CC1.I. The lowest BCUT2D eigenvalue weighted by atomic mass is 10.0. The molecule has 0 amide bonds. The van der Waals surface area contributed by atoms with Gasteiger partial charge in [-0.25, -0.2) is 0 Å². The van der Waals surface area contributed by atoms with E-state index in [2.05, 4.69) is 60.7 Å². The minimum Gasteiger partial charge on any atom is -0.463 e. The Bertz CT molecular complexity index is 617. The van der Waals surface area contributed by atoms with Gasteiger partial charge in [0.1, 0.15) is 0 Å². The maximum atomic E-state index is 11.6. The Hall–Kier alpha value is -0.870. The zero-order valence-electron chi connectivity index (χ0n) is 16.9. The molecule has 0 unspecified atom stereocenters. The molecule has 8 heteroatoms. The van der Waals surface area contributed by atoms with Crippen molar-refractivity contribution < 1.29 is 9.53 Å². The molecule has 2 rings (SSSR count). The molecule has 1 aromatic carbocycles. The highest BCUT2D eigenvalue weighted by molar-refractivity contribution is 14.0. The molecule has 0 radical (unpaired) electrons. The summed E-state index contributed by atoms with van der Waals surface area (Å²) in [4.78, 5) is 18.3. The van der Waals surface area contributed by atoms with Crippen LogP contribution in [0.5, 0.6) is 0 Å². The van der Waals surface area contributed by atoms with Gasteiger partial charge in [-0.15, -0.1) is 24.0 Å². The number of piperidine rings is 1. The van der Waals surface area contributed by atoms with Gasteiger partial charge in [-0.2, -0.15) is 0 Å². The summed E-state index contributed by atoms with van der Waals surface area (Å²) in [5, 5.41) is 6.66. The Morgan fingerprint density at radius 1 is 1.29 bits per heavy atom. The predicted molar refractivity (Wildman–Crippen MR) is 128 cm³/mol. The Morgan fingerprint density at radius 3 is 2.50 bits per heavy atom. The number of nitrogens with zero attached hydrogens (tertiary/aromatic N) is 2. The van der Waals surface area contributed by atoms with Gasteiger partial charge in [0, 0.05) is 43.7 Å². The number of nitrogens with one attached hydrogen (secondary N) is 2. The molecule has 0 atom stereocenters. The van der Waals surface area contributed by atoms with Crippen LogP contribution in [0.15, 0.2) is 33.7 Å². The molecule has 0 saturated carbocycles. The molecular formula is C20H32BrIN4O2. The number of likely N-dealkylation sites (tertiary alicyclic amines) is 1. The van der Waals surface area contributed by atoms with Crippen molar-refractivity contribution in [2.75, 3.05) is 26.7 Å². The molecule has 6 nitrogen and oxygen atoms in total. The van der Waals surface area contributed by atoms with Gasteiger partial charge in [-0.1, -0.05) is 28.1 Å². The molecule has 0 spiro atoms. The Morgan fingerprint density at radius 2 is 1.93 bits per heavy atom. The van der Waals surface area contributed by atoms with Gasteiger partial charge in [-0.05, 0) is 44.4 Å². The van der Waals surface area contributed by atoms with E-state index in [1.54, 1.807) is 7.05 Å². The van der Waals surface area contributed by atoms with Crippen LogP contribution in [0.2, 0.25) is 0 Å². The molecule has 1 aliphatic heterocycles. The van der Waals surface area contributed by atoms with Crippen LogP contribution in [0.25, 0.3) is 0 Å². The highest BCUT2D eigenvalue weighted by atomic mass is 127. The first kappa shape index (κ1) is 25.2. The van der Waals surface area contributed by atoms with Crippen molar-refractivity contribution in [1.29, 1.82) is 0 Å². The van der Waals surface area contributed by atoms with Gasteiger partial charge in [-0.3, -0.25) is 14.7 Å². The van der Waals surface area contributed by atoms with Crippen LogP contribution < -0.4 is 10.6 Å². The first-order valence-corrected chi connectivity index (χ1v) is 10.4. The van der Waals surface area contributed by atoms with Crippen molar-refractivity contribution in [3.05, 3.63) is 34.3 Å². The van der Waals surface area contributed by atoms with E-state index in [0.29, 0.717) is 19.0 Å². The van der Waals surface area contributed by atoms with Crippen LogP contribution in [0.4, 0.5) is 0 Å². The fourth-order valence-electron chi connectivity index (χ4n) is 3.08. The number of ether oxygens (including phenoxy) is 1. The van der Waals surface area contributed by atoms with E-state index in [-0.39, 0.29) is 36.0 Å². The summed E-state index contributed by atoms with van der Waals surface area (Å²) in [6.07, 6.45) is 2.42. The van der Waals surface area contributed by atoms with Gasteiger partial charge in [0.25, 0.3) is 0 Å². The minimum absolute atomic E-state index is 0. The van der Waals surface area contributed by atoms with Crippen LogP contribution in [0.1, 0.15) is 38.7 Å². The average molecular weight is 567 g/mol. The summed E-state index contributed by atoms with van der Waals surface area (Å²) in [6.45, 7) is 7.35. The molecule has 0 bridgehead atoms. The van der Waals surface area contributed by atoms with Gasteiger partial charge in [0.2, 0.25) is 0 Å². The zero-order valence-corrected chi connectivity index (χ0v) is 20.8. The van der Waals surface area contributed by atoms with Crippen LogP contribution in [0.3, 0.4) is 0 Å². The van der Waals surface area contributed by atoms with Crippen molar-refractivity contribution in [3.8, 4) is 0 Å². The molecule has 0 aliphatic carbocycles. The maximum absolute atomic E-state index is 11.6. The standard InChI is InChI=1S/C20H31BrN4O2.HI/c1-15(2)27-19(26)8-11-23-20(22-3)24-18-9-12-25(13-10-18)14-16-4-6-17(21)7-5-16;/h4-7,15,18H,8-14H2,1-3H3,(H2,22,23,24);1H. The third-order valence-electron chi connectivity index (χ3n) is 4.46. The number of hydrogen-bond acceptors (Lipinski definition) is 4. The van der Waals surface area contributed by atoms with Gasteiger partial charge in [0.15, 0.2) is 5.96 Å². The third kappa shape index (κ3) is 9.56. The largest absolute Gasteiger partial charge is 0.463 e. The number of halogens is 2. The summed E-state index contributed by atoms with van der Waals surface area (Å²) < 4.78 is 6.25. The van der Waals surface area contributed by atoms with Crippen LogP contribution >= 0.6 is 39.9 Å². The normalized spacial score (nSPS) is 15.8. The Kier molecular flexibility index (Phi) is 12.0. The summed E-state index contributed by atoms with van der Waals surface area (Å²) in [7, 11) is 1.75. The summed E-state index contributed by atoms with van der Waals surface area (Å²) in [5.41, 5.74) is 1.34. The Balaban J connectivity index is 0.00000392. The molecule has 1 heterocycles. The number of carbonyl (C=O) groups is 1. The molecule has 158 valence electrons. The highest BCUT2D eigenvalue weighted by Crippen LogP contribution is 2.16. The summed E-state index contributed by atoms with van der Waals surface area (Å²) in [6, 6.07) is 8.93. The van der Waals surface area contributed by atoms with E-state index in [9.17, 15) is 4.79 Å². The number of benzene rings is 1. The van der Waals surface area contributed by atoms with E-state index in [1.165, 1.54) is 5.56 Å². The molecule has 1 saturated heterocycles. The molecule has 1 fully saturated rings. The van der Waals surface area contributed by atoms with Crippen LogP contribution in [0, 0.1) is 0 Å². The quantitative estimate of drug-likeness (QED) is 0.229. The van der Waals surface area contributed by atoms with E-state index < -0.39 is 0 Å². The molecule has 2 N–H and O–H groups in total.